The Bertz CT molecular complexity index is 587. The minimum absolute atomic E-state index is 0.0363. The lowest BCUT2D eigenvalue weighted by Gasteiger charge is -2.42. The minimum Gasteiger partial charge on any atom is -0.508 e. The van der Waals surface area contributed by atoms with Crippen LogP contribution in [0.3, 0.4) is 0 Å². The first-order valence-corrected chi connectivity index (χ1v) is 8.20. The van der Waals surface area contributed by atoms with Gasteiger partial charge >= 0.3 is 12.0 Å². The molecule has 1 aliphatic rings. The Morgan fingerprint density at radius 1 is 1.38 bits per heavy atom. The molecule has 1 fully saturated rings. The summed E-state index contributed by atoms with van der Waals surface area (Å²) in [5, 5.41) is 24.1. The molecule has 0 unspecified atom stereocenters. The number of aromatic hydroxyl groups is 1. The summed E-state index contributed by atoms with van der Waals surface area (Å²) >= 11 is 0. The molecule has 1 aromatic carbocycles. The lowest BCUT2D eigenvalue weighted by molar-refractivity contribution is -0.139. The molecule has 1 aliphatic carbocycles. The molecule has 0 spiro atoms. The van der Waals surface area contributed by atoms with Crippen molar-refractivity contribution in [3.63, 3.8) is 0 Å². The average molecular weight is 335 g/mol. The molecule has 0 aromatic heterocycles. The third-order valence-electron chi connectivity index (χ3n) is 4.43. The van der Waals surface area contributed by atoms with Crippen molar-refractivity contribution < 1.29 is 19.8 Å². The Balaban J connectivity index is 1.75. The highest BCUT2D eigenvalue weighted by molar-refractivity contribution is 5.75. The lowest BCUT2D eigenvalue weighted by atomic mass is 9.85. The Morgan fingerprint density at radius 2 is 2.08 bits per heavy atom. The van der Waals surface area contributed by atoms with E-state index in [4.69, 9.17) is 5.11 Å². The summed E-state index contributed by atoms with van der Waals surface area (Å²) in [5.41, 5.74) is 0.829. The molecule has 24 heavy (non-hydrogen) atoms. The van der Waals surface area contributed by atoms with Gasteiger partial charge in [0.1, 0.15) is 5.75 Å². The maximum Gasteiger partial charge on any atom is 0.317 e. The molecule has 0 bridgehead atoms. The van der Waals surface area contributed by atoms with E-state index in [2.05, 4.69) is 10.6 Å². The molecule has 0 aliphatic heterocycles. The zero-order chi connectivity index (χ0) is 17.7. The fraction of sp³-hybridized carbons (Fsp3) is 0.529. The molecule has 7 heteroatoms. The normalized spacial score (nSPS) is 21.0. The van der Waals surface area contributed by atoms with Crippen LogP contribution in [0.2, 0.25) is 0 Å². The van der Waals surface area contributed by atoms with E-state index in [-0.39, 0.29) is 36.5 Å². The number of hydrogen-bond acceptors (Lipinski definition) is 4. The summed E-state index contributed by atoms with van der Waals surface area (Å²) in [5.74, 6) is -0.660. The number of urea groups is 1. The molecule has 1 saturated carbocycles. The molecule has 0 saturated heterocycles. The van der Waals surface area contributed by atoms with Gasteiger partial charge in [0.2, 0.25) is 0 Å². The number of hydrogen-bond donors (Lipinski definition) is 4. The summed E-state index contributed by atoms with van der Waals surface area (Å²) in [7, 11) is 0. The highest BCUT2D eigenvalue weighted by Crippen LogP contribution is 2.25. The number of carboxylic acids is 1. The first kappa shape index (κ1) is 18.1. The number of phenols is 1. The summed E-state index contributed by atoms with van der Waals surface area (Å²) in [6, 6.07) is 6.59. The van der Waals surface area contributed by atoms with Crippen LogP contribution in [-0.2, 0) is 4.79 Å². The van der Waals surface area contributed by atoms with E-state index in [0.717, 1.165) is 18.4 Å². The largest absolute Gasteiger partial charge is 0.508 e. The second kappa shape index (κ2) is 8.01. The quantitative estimate of drug-likeness (QED) is 0.607. The smallest absolute Gasteiger partial charge is 0.317 e. The fourth-order valence-corrected chi connectivity index (χ4v) is 2.98. The van der Waals surface area contributed by atoms with Crippen molar-refractivity contribution in [3.8, 4) is 5.75 Å². The SMILES string of the molecule is CCN(CC(=O)O)C1CC(NC(=O)N[C@@H](C)c2cccc(O)c2)C1. The van der Waals surface area contributed by atoms with E-state index in [1.807, 2.05) is 24.8 Å². The third-order valence-corrected chi connectivity index (χ3v) is 4.43. The number of carboxylic acid groups (broad SMARTS) is 1. The van der Waals surface area contributed by atoms with Crippen molar-refractivity contribution in [3.05, 3.63) is 29.8 Å². The van der Waals surface area contributed by atoms with Crippen LogP contribution in [0.5, 0.6) is 5.75 Å². The molecule has 2 amide bonds. The second-order valence-corrected chi connectivity index (χ2v) is 6.21. The predicted octanol–water partition coefficient (Wildman–Crippen LogP) is 1.69. The monoisotopic (exact) mass is 335 g/mol. The molecule has 7 nitrogen and oxygen atoms in total. The van der Waals surface area contributed by atoms with Crippen LogP contribution in [0.4, 0.5) is 4.79 Å². The van der Waals surface area contributed by atoms with Gasteiger partial charge in [-0.1, -0.05) is 19.1 Å². The predicted molar refractivity (Wildman–Crippen MR) is 89.9 cm³/mol. The molecular formula is C17H25N3O4. The molecule has 1 aromatic rings. The zero-order valence-electron chi connectivity index (χ0n) is 14.0. The Morgan fingerprint density at radius 3 is 2.67 bits per heavy atom. The number of carbonyl (C=O) groups is 2. The van der Waals surface area contributed by atoms with E-state index in [1.54, 1.807) is 18.2 Å². The zero-order valence-corrected chi connectivity index (χ0v) is 14.0. The van der Waals surface area contributed by atoms with E-state index >= 15 is 0 Å². The lowest BCUT2D eigenvalue weighted by Crippen LogP contribution is -2.56. The van der Waals surface area contributed by atoms with E-state index in [1.165, 1.54) is 0 Å². The number of nitrogens with one attached hydrogen (secondary N) is 2. The van der Waals surface area contributed by atoms with Crippen LogP contribution < -0.4 is 10.6 Å². The molecule has 132 valence electrons. The first-order chi connectivity index (χ1) is 11.4. The van der Waals surface area contributed by atoms with Gasteiger partial charge in [0.15, 0.2) is 0 Å². The number of likely N-dealkylation sites (N-methyl/N-ethyl adjacent to an activating group) is 1. The summed E-state index contributed by atoms with van der Waals surface area (Å²) in [6.45, 7) is 4.51. The molecule has 0 radical (unpaired) electrons. The maximum absolute atomic E-state index is 12.0. The van der Waals surface area contributed by atoms with Crippen molar-refractivity contribution in [1.29, 1.82) is 0 Å². The van der Waals surface area contributed by atoms with E-state index < -0.39 is 5.97 Å². The average Bonchev–Trinajstić information content (AvgIpc) is 2.48. The van der Waals surface area contributed by atoms with Gasteiger partial charge in [-0.05, 0) is 44.0 Å². The van der Waals surface area contributed by atoms with Crippen LogP contribution in [0, 0.1) is 0 Å². The minimum atomic E-state index is -0.828. The number of nitrogens with zero attached hydrogens (tertiary/aromatic N) is 1. The highest BCUT2D eigenvalue weighted by atomic mass is 16.4. The van der Waals surface area contributed by atoms with Crippen LogP contribution in [-0.4, -0.2) is 52.3 Å². The summed E-state index contributed by atoms with van der Waals surface area (Å²) in [4.78, 5) is 24.8. The van der Waals surface area contributed by atoms with E-state index in [9.17, 15) is 14.7 Å². The van der Waals surface area contributed by atoms with Gasteiger partial charge < -0.3 is 20.8 Å². The van der Waals surface area contributed by atoms with Gasteiger partial charge in [-0.25, -0.2) is 4.79 Å². The van der Waals surface area contributed by atoms with E-state index in [0.29, 0.717) is 6.54 Å². The molecule has 2 rings (SSSR count). The number of aliphatic carboxylic acids is 1. The number of amides is 2. The molecule has 4 N–H and O–H groups in total. The highest BCUT2D eigenvalue weighted by Gasteiger charge is 2.34. The van der Waals surface area contributed by atoms with Gasteiger partial charge in [0, 0.05) is 12.1 Å². The van der Waals surface area contributed by atoms with Crippen molar-refractivity contribution in [1.82, 2.24) is 15.5 Å². The Kier molecular flexibility index (Phi) is 6.03. The second-order valence-electron chi connectivity index (χ2n) is 6.21. The molecular weight excluding hydrogens is 310 g/mol. The summed E-state index contributed by atoms with van der Waals surface area (Å²) in [6.07, 6.45) is 1.52. The third kappa shape index (κ3) is 4.86. The van der Waals surface area contributed by atoms with Crippen LogP contribution in [0.1, 0.15) is 38.3 Å². The van der Waals surface area contributed by atoms with Crippen molar-refractivity contribution >= 4 is 12.0 Å². The first-order valence-electron chi connectivity index (χ1n) is 8.20. The maximum atomic E-state index is 12.0. The topological polar surface area (TPSA) is 102 Å². The number of benzene rings is 1. The van der Waals surface area contributed by atoms with Gasteiger partial charge in [-0.3, -0.25) is 9.69 Å². The van der Waals surface area contributed by atoms with Gasteiger partial charge in [-0.2, -0.15) is 0 Å². The number of carbonyl (C=O) groups excluding carboxylic acids is 1. The van der Waals surface area contributed by atoms with Crippen molar-refractivity contribution in [2.75, 3.05) is 13.1 Å². The molecule has 0 heterocycles. The fourth-order valence-electron chi connectivity index (χ4n) is 2.98. The van der Waals surface area contributed by atoms with Crippen molar-refractivity contribution in [2.45, 2.75) is 44.8 Å². The standard InChI is InChI=1S/C17H25N3O4/c1-3-20(10-16(22)23)14-8-13(9-14)19-17(24)18-11(2)12-5-4-6-15(21)7-12/h4-7,11,13-14,21H,3,8-10H2,1-2H3,(H,22,23)(H2,18,19,24)/t11-,13?,14?/m0/s1. The Labute approximate surface area is 141 Å². The number of rotatable bonds is 7. The number of phenolic OH excluding ortho intramolecular Hbond substituents is 1. The van der Waals surface area contributed by atoms with Crippen LogP contribution >= 0.6 is 0 Å². The van der Waals surface area contributed by atoms with Gasteiger partial charge in [0.25, 0.3) is 0 Å². The Hall–Kier alpha value is -2.28. The van der Waals surface area contributed by atoms with Crippen molar-refractivity contribution in [2.24, 2.45) is 0 Å². The van der Waals surface area contributed by atoms with Gasteiger partial charge in [-0.15, -0.1) is 0 Å². The van der Waals surface area contributed by atoms with Gasteiger partial charge in [0.05, 0.1) is 12.6 Å². The summed E-state index contributed by atoms with van der Waals surface area (Å²) < 4.78 is 0. The molecule has 1 atom stereocenters. The van der Waals surface area contributed by atoms with Crippen LogP contribution in [0.25, 0.3) is 0 Å². The van der Waals surface area contributed by atoms with Crippen LogP contribution in [0.15, 0.2) is 24.3 Å².